The fraction of sp³-hybridized carbons (Fsp3) is 0.400. The molecule has 2 amide bonds. The van der Waals surface area contributed by atoms with E-state index in [9.17, 15) is 18.7 Å². The predicted molar refractivity (Wildman–Crippen MR) is 121 cm³/mol. The van der Waals surface area contributed by atoms with Gasteiger partial charge in [-0.15, -0.1) is 0 Å². The van der Waals surface area contributed by atoms with Gasteiger partial charge in [-0.1, -0.05) is 36.4 Å². The molecule has 0 bridgehead atoms. The molecule has 3 atom stereocenters. The molecule has 2 aromatic carbocycles. The van der Waals surface area contributed by atoms with Crippen LogP contribution in [0.2, 0.25) is 0 Å². The molecule has 0 aromatic heterocycles. The van der Waals surface area contributed by atoms with Crippen LogP contribution in [-0.4, -0.2) is 59.3 Å². The third-order valence-corrected chi connectivity index (χ3v) is 6.51. The largest absolute Gasteiger partial charge is 0.395 e. The normalized spacial score (nSPS) is 23.9. The Morgan fingerprint density at radius 3 is 2.62 bits per heavy atom. The highest BCUT2D eigenvalue weighted by Gasteiger charge is 2.49. The number of halogens is 2. The number of urea groups is 1. The van der Waals surface area contributed by atoms with Gasteiger partial charge in [-0.05, 0) is 49.6 Å². The van der Waals surface area contributed by atoms with E-state index in [-0.39, 0.29) is 30.3 Å². The first-order valence-corrected chi connectivity index (χ1v) is 11.1. The number of amides is 2. The lowest BCUT2D eigenvalue weighted by atomic mass is 9.74. The van der Waals surface area contributed by atoms with Crippen molar-refractivity contribution in [2.24, 2.45) is 0 Å². The number of allylic oxidation sites excluding steroid dienone is 1. The minimum atomic E-state index is -0.670. The van der Waals surface area contributed by atoms with Crippen LogP contribution in [0, 0.1) is 11.6 Å². The third-order valence-electron chi connectivity index (χ3n) is 6.51. The Bertz CT molecular complexity index is 980. The molecule has 0 spiro atoms. The van der Waals surface area contributed by atoms with Gasteiger partial charge in [0.05, 0.1) is 12.3 Å². The number of hydrogen-bond acceptors (Lipinski definition) is 3. The van der Waals surface area contributed by atoms with Crippen LogP contribution in [0.3, 0.4) is 0 Å². The van der Waals surface area contributed by atoms with E-state index < -0.39 is 17.7 Å². The summed E-state index contributed by atoms with van der Waals surface area (Å²) in [5.74, 6) is -1.18. The third kappa shape index (κ3) is 4.54. The number of aliphatic hydroxyl groups excluding tert-OH is 1. The van der Waals surface area contributed by atoms with Gasteiger partial charge in [0.15, 0.2) is 0 Å². The maximum absolute atomic E-state index is 14.0. The molecule has 32 heavy (non-hydrogen) atoms. The highest BCUT2D eigenvalue weighted by atomic mass is 19.1. The highest BCUT2D eigenvalue weighted by molar-refractivity contribution is 5.89. The average Bonchev–Trinajstić information content (AvgIpc) is 2.76. The minimum Gasteiger partial charge on any atom is -0.395 e. The van der Waals surface area contributed by atoms with Gasteiger partial charge in [-0.25, -0.2) is 13.6 Å². The zero-order chi connectivity index (χ0) is 22.7. The number of benzene rings is 2. The Hall–Kier alpha value is -2.77. The fourth-order valence-electron chi connectivity index (χ4n) is 4.93. The van der Waals surface area contributed by atoms with Gasteiger partial charge in [0.25, 0.3) is 0 Å². The van der Waals surface area contributed by atoms with Crippen LogP contribution < -0.4 is 5.32 Å². The van der Waals surface area contributed by atoms with Crippen LogP contribution in [-0.2, 0) is 0 Å². The van der Waals surface area contributed by atoms with Crippen molar-refractivity contribution in [2.75, 3.05) is 31.6 Å². The number of rotatable bonds is 4. The predicted octanol–water partition coefficient (Wildman–Crippen LogP) is 4.45. The van der Waals surface area contributed by atoms with E-state index in [2.05, 4.69) is 34.5 Å². The molecule has 5 nitrogen and oxygen atoms in total. The van der Waals surface area contributed by atoms with Crippen LogP contribution in [0.1, 0.15) is 36.8 Å². The van der Waals surface area contributed by atoms with Gasteiger partial charge in [-0.2, -0.15) is 0 Å². The van der Waals surface area contributed by atoms with Crippen molar-refractivity contribution in [3.8, 4) is 0 Å². The number of carbonyl (C=O) groups excluding carboxylic acids is 1. The molecule has 2 saturated heterocycles. The van der Waals surface area contributed by atoms with Crippen LogP contribution in [0.15, 0.2) is 48.5 Å². The topological polar surface area (TPSA) is 55.8 Å². The van der Waals surface area contributed by atoms with Crippen molar-refractivity contribution in [3.05, 3.63) is 71.3 Å². The van der Waals surface area contributed by atoms with E-state index in [1.165, 1.54) is 0 Å². The summed E-state index contributed by atoms with van der Waals surface area (Å²) in [6.07, 6.45) is 5.73. The number of nitrogens with one attached hydrogen (secondary N) is 1. The van der Waals surface area contributed by atoms with Crippen LogP contribution >= 0.6 is 0 Å². The lowest BCUT2D eigenvalue weighted by molar-refractivity contribution is -0.0585. The number of aliphatic hydroxyl groups is 1. The van der Waals surface area contributed by atoms with Crippen molar-refractivity contribution >= 4 is 17.8 Å². The first-order valence-electron chi connectivity index (χ1n) is 11.1. The maximum Gasteiger partial charge on any atom is 0.321 e. The SMILES string of the molecule is C/C=C/c1ccc([C@H]2[C@H]3CN(C(=O)Nc4cc(F)ccc4F)CCCCN3[C@H]2CO)cc1. The van der Waals surface area contributed by atoms with Gasteiger partial charge < -0.3 is 15.3 Å². The van der Waals surface area contributed by atoms with E-state index in [0.717, 1.165) is 48.7 Å². The lowest BCUT2D eigenvalue weighted by Gasteiger charge is -2.57. The van der Waals surface area contributed by atoms with E-state index in [4.69, 9.17) is 0 Å². The summed E-state index contributed by atoms with van der Waals surface area (Å²) < 4.78 is 27.5. The molecular formula is C25H29F2N3O2. The van der Waals surface area contributed by atoms with Crippen molar-refractivity contribution in [2.45, 2.75) is 37.8 Å². The molecule has 7 heteroatoms. The van der Waals surface area contributed by atoms with Crippen molar-refractivity contribution in [1.29, 1.82) is 0 Å². The van der Waals surface area contributed by atoms with Crippen LogP contribution in [0.5, 0.6) is 0 Å². The molecule has 2 fully saturated rings. The molecule has 0 unspecified atom stereocenters. The highest BCUT2D eigenvalue weighted by Crippen LogP contribution is 2.42. The van der Waals surface area contributed by atoms with Gasteiger partial charge in [0.2, 0.25) is 0 Å². The summed E-state index contributed by atoms with van der Waals surface area (Å²) in [4.78, 5) is 16.9. The first-order chi connectivity index (χ1) is 15.5. The molecule has 170 valence electrons. The molecular weight excluding hydrogens is 412 g/mol. The summed E-state index contributed by atoms with van der Waals surface area (Å²) in [6.45, 7) is 3.91. The minimum absolute atomic E-state index is 0.0104. The summed E-state index contributed by atoms with van der Waals surface area (Å²) in [5, 5.41) is 12.6. The Labute approximate surface area is 187 Å². The number of anilines is 1. The molecule has 2 aliphatic heterocycles. The van der Waals surface area contributed by atoms with Gasteiger partial charge >= 0.3 is 6.03 Å². The van der Waals surface area contributed by atoms with Crippen molar-refractivity contribution in [1.82, 2.24) is 9.80 Å². The average molecular weight is 442 g/mol. The second kappa shape index (κ2) is 9.79. The van der Waals surface area contributed by atoms with E-state index >= 15 is 0 Å². The molecule has 0 saturated carbocycles. The number of fused-ring (bicyclic) bond motifs is 1. The quantitative estimate of drug-likeness (QED) is 0.737. The second-order valence-corrected chi connectivity index (χ2v) is 8.45. The van der Waals surface area contributed by atoms with Gasteiger partial charge in [0.1, 0.15) is 11.6 Å². The van der Waals surface area contributed by atoms with Gasteiger partial charge in [-0.3, -0.25) is 4.90 Å². The van der Waals surface area contributed by atoms with Crippen LogP contribution in [0.4, 0.5) is 19.3 Å². The summed E-state index contributed by atoms with van der Waals surface area (Å²) in [6, 6.07) is 10.9. The molecule has 0 aliphatic carbocycles. The molecule has 4 rings (SSSR count). The van der Waals surface area contributed by atoms with E-state index in [0.29, 0.717) is 13.1 Å². The van der Waals surface area contributed by atoms with Crippen molar-refractivity contribution in [3.63, 3.8) is 0 Å². The standard InChI is InChI=1S/C25H29F2N3O2/c1-2-5-17-6-8-18(9-7-17)24-22-15-29(12-3-4-13-30(22)23(24)16-31)25(32)28-21-14-19(26)10-11-20(21)27/h2,5-11,14,22-24,31H,3-4,12-13,15-16H2,1H3,(H,28,32)/b5-2+/t22-,23+,24+/m1/s1. The maximum atomic E-state index is 14.0. The Morgan fingerprint density at radius 1 is 1.16 bits per heavy atom. The van der Waals surface area contributed by atoms with Crippen molar-refractivity contribution < 1.29 is 18.7 Å². The Balaban J connectivity index is 1.53. The lowest BCUT2D eigenvalue weighted by Crippen LogP contribution is -2.68. The van der Waals surface area contributed by atoms with Crippen LogP contribution in [0.25, 0.3) is 6.08 Å². The second-order valence-electron chi connectivity index (χ2n) is 8.45. The van der Waals surface area contributed by atoms with E-state index in [1.807, 2.05) is 19.1 Å². The fourth-order valence-corrected chi connectivity index (χ4v) is 4.93. The molecule has 2 heterocycles. The molecule has 2 aliphatic rings. The summed E-state index contributed by atoms with van der Waals surface area (Å²) in [5.41, 5.74) is 2.09. The van der Waals surface area contributed by atoms with Gasteiger partial charge in [0, 0.05) is 37.2 Å². The molecule has 2 aromatic rings. The molecule has 2 N–H and O–H groups in total. The number of nitrogens with zero attached hydrogens (tertiary/aromatic N) is 2. The molecule has 0 radical (unpaired) electrons. The Morgan fingerprint density at radius 2 is 1.91 bits per heavy atom. The number of carbonyl (C=O) groups is 1. The zero-order valence-corrected chi connectivity index (χ0v) is 18.2. The first kappa shape index (κ1) is 22.4. The smallest absolute Gasteiger partial charge is 0.321 e. The Kier molecular flexibility index (Phi) is 6.86. The monoisotopic (exact) mass is 441 g/mol. The number of hydrogen-bond donors (Lipinski definition) is 2. The summed E-state index contributed by atoms with van der Waals surface area (Å²) >= 11 is 0. The van der Waals surface area contributed by atoms with E-state index in [1.54, 1.807) is 4.90 Å². The zero-order valence-electron chi connectivity index (χ0n) is 18.2. The summed E-state index contributed by atoms with van der Waals surface area (Å²) in [7, 11) is 0.